The number of nitrogens with zero attached hydrogens (tertiary/aromatic N) is 1. The molecule has 1 saturated heterocycles. The molecule has 0 bridgehead atoms. The molecule has 0 aromatic heterocycles. The lowest BCUT2D eigenvalue weighted by molar-refractivity contribution is 0.109. The van der Waals surface area contributed by atoms with Gasteiger partial charge in [-0.1, -0.05) is 59.8 Å². The molecule has 0 unspecified atom stereocenters. The molecule has 2 nitrogen and oxygen atoms in total. The SMILES string of the molecule is CC.CCCCCCC.COCC1CCN(C)CC1.F. The van der Waals surface area contributed by atoms with Crippen LogP contribution >= 0.6 is 0 Å². The Bertz CT molecular complexity index is 144. The van der Waals surface area contributed by atoms with E-state index in [1.807, 2.05) is 13.8 Å². The first-order chi connectivity index (χ1) is 9.24. The number of hydrogen-bond donors (Lipinski definition) is 0. The van der Waals surface area contributed by atoms with Crippen LogP contribution in [0.15, 0.2) is 0 Å². The molecule has 0 amide bonds. The molecule has 20 heavy (non-hydrogen) atoms. The summed E-state index contributed by atoms with van der Waals surface area (Å²) in [5.74, 6) is 0.821. The van der Waals surface area contributed by atoms with Crippen LogP contribution in [0.5, 0.6) is 0 Å². The van der Waals surface area contributed by atoms with E-state index in [2.05, 4.69) is 25.8 Å². The minimum Gasteiger partial charge on any atom is -0.384 e. The molecule has 1 aliphatic heterocycles. The number of methoxy groups -OCH3 is 1. The fourth-order valence-electron chi connectivity index (χ4n) is 2.14. The Labute approximate surface area is 127 Å². The Morgan fingerprint density at radius 1 is 0.950 bits per heavy atom. The maximum absolute atomic E-state index is 5.10. The van der Waals surface area contributed by atoms with Crippen molar-refractivity contribution in [2.75, 3.05) is 33.9 Å². The van der Waals surface area contributed by atoms with E-state index in [4.69, 9.17) is 4.74 Å². The molecule has 0 aromatic carbocycles. The van der Waals surface area contributed by atoms with Crippen LogP contribution in [0.3, 0.4) is 0 Å². The molecular formula is C17H40FNO. The molecular weight excluding hydrogens is 253 g/mol. The fraction of sp³-hybridized carbons (Fsp3) is 1.00. The van der Waals surface area contributed by atoms with E-state index in [1.165, 1.54) is 58.0 Å². The van der Waals surface area contributed by atoms with Crippen molar-refractivity contribution in [2.24, 2.45) is 5.92 Å². The topological polar surface area (TPSA) is 12.5 Å². The van der Waals surface area contributed by atoms with E-state index in [-0.39, 0.29) is 4.70 Å². The molecule has 0 saturated carbocycles. The molecule has 0 N–H and O–H groups in total. The molecule has 126 valence electrons. The number of hydrogen-bond acceptors (Lipinski definition) is 2. The van der Waals surface area contributed by atoms with Gasteiger partial charge in [0, 0.05) is 13.7 Å². The summed E-state index contributed by atoms with van der Waals surface area (Å²) in [5, 5.41) is 0. The van der Waals surface area contributed by atoms with Gasteiger partial charge in [-0.2, -0.15) is 0 Å². The molecule has 3 heteroatoms. The predicted molar refractivity (Wildman–Crippen MR) is 90.4 cm³/mol. The molecule has 0 spiro atoms. The summed E-state index contributed by atoms with van der Waals surface area (Å²) >= 11 is 0. The first-order valence-electron chi connectivity index (χ1n) is 8.42. The van der Waals surface area contributed by atoms with Crippen LogP contribution in [-0.4, -0.2) is 38.8 Å². The first kappa shape index (κ1) is 24.8. The Hall–Kier alpha value is -0.150. The molecule has 1 rings (SSSR count). The van der Waals surface area contributed by atoms with Crippen LogP contribution in [0.1, 0.15) is 72.6 Å². The smallest absolute Gasteiger partial charge is 0.0491 e. The summed E-state index contributed by atoms with van der Waals surface area (Å²) in [5.41, 5.74) is 0. The van der Waals surface area contributed by atoms with Crippen molar-refractivity contribution >= 4 is 0 Å². The van der Waals surface area contributed by atoms with Crippen molar-refractivity contribution in [1.29, 1.82) is 0 Å². The predicted octanol–water partition coefficient (Wildman–Crippen LogP) is 5.13. The molecule has 0 atom stereocenters. The van der Waals surface area contributed by atoms with Crippen LogP contribution < -0.4 is 0 Å². The largest absolute Gasteiger partial charge is 0.384 e. The summed E-state index contributed by atoms with van der Waals surface area (Å²) in [7, 11) is 3.97. The second kappa shape index (κ2) is 21.2. The maximum Gasteiger partial charge on any atom is 0.0491 e. The summed E-state index contributed by atoms with van der Waals surface area (Å²) in [6.07, 6.45) is 9.63. The lowest BCUT2D eigenvalue weighted by Crippen LogP contribution is -2.31. The van der Waals surface area contributed by atoms with Crippen molar-refractivity contribution in [3.8, 4) is 0 Å². The van der Waals surface area contributed by atoms with Gasteiger partial charge in [-0.15, -0.1) is 0 Å². The summed E-state index contributed by atoms with van der Waals surface area (Å²) < 4.78 is 5.10. The normalized spacial score (nSPS) is 15.3. The van der Waals surface area contributed by atoms with Crippen molar-refractivity contribution in [2.45, 2.75) is 72.6 Å². The van der Waals surface area contributed by atoms with Crippen molar-refractivity contribution in [1.82, 2.24) is 4.90 Å². The van der Waals surface area contributed by atoms with Gasteiger partial charge >= 0.3 is 0 Å². The van der Waals surface area contributed by atoms with E-state index >= 15 is 0 Å². The molecule has 1 aliphatic rings. The van der Waals surface area contributed by atoms with Crippen molar-refractivity contribution < 1.29 is 9.44 Å². The van der Waals surface area contributed by atoms with Gasteiger partial charge in [-0.25, -0.2) is 0 Å². The summed E-state index contributed by atoms with van der Waals surface area (Å²) in [6.45, 7) is 11.9. The van der Waals surface area contributed by atoms with E-state index in [9.17, 15) is 0 Å². The van der Waals surface area contributed by atoms with E-state index in [0.29, 0.717) is 0 Å². The van der Waals surface area contributed by atoms with Crippen LogP contribution in [0.4, 0.5) is 4.70 Å². The van der Waals surface area contributed by atoms with Crippen molar-refractivity contribution in [3.05, 3.63) is 0 Å². The minimum absolute atomic E-state index is 0. The zero-order valence-electron chi connectivity index (χ0n) is 14.9. The number of halogens is 1. The highest BCUT2D eigenvalue weighted by atomic mass is 19.0. The van der Waals surface area contributed by atoms with E-state index in [0.717, 1.165) is 12.5 Å². The Kier molecular flexibility index (Phi) is 26.3. The summed E-state index contributed by atoms with van der Waals surface area (Å²) in [6, 6.07) is 0. The van der Waals surface area contributed by atoms with Gasteiger partial charge in [0.1, 0.15) is 0 Å². The number of ether oxygens (including phenoxy) is 1. The molecule has 1 heterocycles. The third-order valence-electron chi connectivity index (χ3n) is 3.45. The quantitative estimate of drug-likeness (QED) is 0.629. The molecule has 1 fully saturated rings. The zero-order valence-corrected chi connectivity index (χ0v) is 14.9. The summed E-state index contributed by atoms with van der Waals surface area (Å²) in [4.78, 5) is 2.38. The van der Waals surface area contributed by atoms with Crippen molar-refractivity contribution in [3.63, 3.8) is 0 Å². The Balaban J connectivity index is -0.000000258. The second-order valence-corrected chi connectivity index (χ2v) is 5.26. The van der Waals surface area contributed by atoms with Crippen LogP contribution in [0, 0.1) is 5.92 Å². The highest BCUT2D eigenvalue weighted by Gasteiger charge is 2.15. The first-order valence-corrected chi connectivity index (χ1v) is 8.42. The molecule has 0 aliphatic carbocycles. The third kappa shape index (κ3) is 17.8. The van der Waals surface area contributed by atoms with Gasteiger partial charge in [0.05, 0.1) is 0 Å². The van der Waals surface area contributed by atoms with E-state index in [1.54, 1.807) is 7.11 Å². The number of unbranched alkanes of at least 4 members (excludes halogenated alkanes) is 4. The van der Waals surface area contributed by atoms with Gasteiger partial charge in [0.2, 0.25) is 0 Å². The Morgan fingerprint density at radius 2 is 1.40 bits per heavy atom. The molecule has 0 radical (unpaired) electrons. The van der Waals surface area contributed by atoms with Gasteiger partial charge < -0.3 is 9.64 Å². The highest BCUT2D eigenvalue weighted by molar-refractivity contribution is 4.68. The lowest BCUT2D eigenvalue weighted by atomic mass is 9.98. The zero-order chi connectivity index (χ0) is 14.9. The maximum atomic E-state index is 5.10. The minimum atomic E-state index is 0. The standard InChI is InChI=1S/C8H17NO.C7H16.C2H6.FH/c1-9-5-3-8(4-6-9)7-10-2;1-3-5-7-6-4-2;1-2;/h8H,3-7H2,1-2H3;3-7H2,1-2H3;1-2H3;1H. The van der Waals surface area contributed by atoms with Gasteiger partial charge in [0.15, 0.2) is 0 Å². The number of rotatable bonds is 6. The number of likely N-dealkylation sites (tertiary alicyclic amines) is 1. The van der Waals surface area contributed by atoms with Crippen LogP contribution in [0.25, 0.3) is 0 Å². The van der Waals surface area contributed by atoms with Gasteiger partial charge in [-0.3, -0.25) is 4.70 Å². The monoisotopic (exact) mass is 293 g/mol. The second-order valence-electron chi connectivity index (χ2n) is 5.26. The highest BCUT2D eigenvalue weighted by Crippen LogP contribution is 2.15. The van der Waals surface area contributed by atoms with Crippen LogP contribution in [0.2, 0.25) is 0 Å². The lowest BCUT2D eigenvalue weighted by Gasteiger charge is -2.28. The average molecular weight is 294 g/mol. The number of piperidine rings is 1. The average Bonchev–Trinajstić information content (AvgIpc) is 2.45. The Morgan fingerprint density at radius 3 is 1.75 bits per heavy atom. The van der Waals surface area contributed by atoms with Gasteiger partial charge in [0.25, 0.3) is 0 Å². The van der Waals surface area contributed by atoms with E-state index < -0.39 is 0 Å². The van der Waals surface area contributed by atoms with Gasteiger partial charge in [-0.05, 0) is 38.9 Å². The fourth-order valence-corrected chi connectivity index (χ4v) is 2.14. The molecule has 0 aromatic rings. The third-order valence-corrected chi connectivity index (χ3v) is 3.45. The van der Waals surface area contributed by atoms with Crippen LogP contribution in [-0.2, 0) is 4.74 Å².